The van der Waals surface area contributed by atoms with Crippen molar-refractivity contribution in [2.45, 2.75) is 58.9 Å². The van der Waals surface area contributed by atoms with E-state index >= 15 is 0 Å². The topological polar surface area (TPSA) is 78.9 Å². The van der Waals surface area contributed by atoms with Crippen LogP contribution in [0.3, 0.4) is 0 Å². The maximum absolute atomic E-state index is 12.8. The smallest absolute Gasteiger partial charge is 0.322 e. The molecule has 0 saturated heterocycles. The number of imidazole rings is 1. The zero-order chi connectivity index (χ0) is 17.9. The maximum atomic E-state index is 12.8. The number of hydrogen-bond donors (Lipinski definition) is 0. The largest absolute Gasteiger partial charge is 0.332 e. The monoisotopic (exact) mass is 354 g/mol. The van der Waals surface area contributed by atoms with Crippen molar-refractivity contribution in [3.8, 4) is 0 Å². The Bertz CT molecular complexity index is 872. The fourth-order valence-corrected chi connectivity index (χ4v) is 3.69. The minimum absolute atomic E-state index is 0.249. The summed E-state index contributed by atoms with van der Waals surface area (Å²) in [4.78, 5) is 29.9. The van der Waals surface area contributed by atoms with Crippen molar-refractivity contribution >= 4 is 18.3 Å². The minimum Gasteiger partial charge on any atom is -0.322 e. The molecule has 0 fully saturated rings. The first-order valence-electron chi connectivity index (χ1n) is 8.52. The molecule has 0 radical (unpaired) electrons. The zero-order valence-corrected chi connectivity index (χ0v) is 15.9. The third-order valence-electron chi connectivity index (χ3n) is 3.95. The highest BCUT2D eigenvalue weighted by atomic mass is 31.2. The Kier molecular flexibility index (Phi) is 5.86. The molecule has 134 valence electrons. The molecule has 0 unspecified atom stereocenters. The lowest BCUT2D eigenvalue weighted by Gasteiger charge is -2.13. The van der Waals surface area contributed by atoms with Gasteiger partial charge in [0, 0.05) is 13.1 Å². The van der Waals surface area contributed by atoms with Crippen molar-refractivity contribution in [3.05, 3.63) is 27.2 Å². The molecule has 0 atom stereocenters. The summed E-state index contributed by atoms with van der Waals surface area (Å²) in [5.74, 6) is 0. The van der Waals surface area contributed by atoms with Crippen LogP contribution in [0.1, 0.15) is 39.5 Å². The van der Waals surface area contributed by atoms with Crippen LogP contribution in [-0.4, -0.2) is 32.0 Å². The van der Waals surface area contributed by atoms with E-state index in [1.165, 1.54) is 10.9 Å². The highest BCUT2D eigenvalue weighted by Crippen LogP contribution is 2.38. The van der Waals surface area contributed by atoms with Gasteiger partial charge in [-0.15, -0.1) is 0 Å². The van der Waals surface area contributed by atoms with Gasteiger partial charge in [-0.05, 0) is 26.2 Å². The standard InChI is InChI=1S/C16H27N4O3P/c1-5-7-9-19-14-13(18(11-17-14)12-24(3,4)23)15(21)20(16(19)22)10-8-6-2/h11H,5-10,12H2,1-4H3. The van der Waals surface area contributed by atoms with Crippen LogP contribution in [0.2, 0.25) is 0 Å². The number of nitrogens with zero attached hydrogens (tertiary/aromatic N) is 4. The molecule has 0 amide bonds. The molecule has 7 nitrogen and oxygen atoms in total. The van der Waals surface area contributed by atoms with Crippen molar-refractivity contribution in [1.82, 2.24) is 18.7 Å². The van der Waals surface area contributed by atoms with Crippen LogP contribution < -0.4 is 11.2 Å². The quantitative estimate of drug-likeness (QED) is 0.683. The van der Waals surface area contributed by atoms with Crippen molar-refractivity contribution in [2.75, 3.05) is 13.3 Å². The molecule has 8 heteroatoms. The normalized spacial score (nSPS) is 12.2. The van der Waals surface area contributed by atoms with E-state index in [1.54, 1.807) is 22.5 Å². The first-order valence-corrected chi connectivity index (χ1v) is 11.3. The Morgan fingerprint density at radius 3 is 2.17 bits per heavy atom. The van der Waals surface area contributed by atoms with Crippen LogP contribution in [0.4, 0.5) is 0 Å². The van der Waals surface area contributed by atoms with Crippen molar-refractivity contribution in [3.63, 3.8) is 0 Å². The summed E-state index contributed by atoms with van der Waals surface area (Å²) in [7, 11) is -2.38. The molecular weight excluding hydrogens is 327 g/mol. The number of aromatic nitrogens is 4. The molecular formula is C16H27N4O3P. The lowest BCUT2D eigenvalue weighted by atomic mass is 10.3. The molecule has 0 aliphatic rings. The van der Waals surface area contributed by atoms with E-state index in [1.807, 2.05) is 6.92 Å². The Morgan fingerprint density at radius 1 is 1.04 bits per heavy atom. The molecule has 2 heterocycles. The van der Waals surface area contributed by atoms with Crippen LogP contribution in [-0.2, 0) is 23.9 Å². The second kappa shape index (κ2) is 7.51. The van der Waals surface area contributed by atoms with Crippen molar-refractivity contribution in [2.24, 2.45) is 0 Å². The molecule has 24 heavy (non-hydrogen) atoms. The van der Waals surface area contributed by atoms with Gasteiger partial charge in [0.25, 0.3) is 5.56 Å². The van der Waals surface area contributed by atoms with Gasteiger partial charge < -0.3 is 9.13 Å². The third-order valence-corrected chi connectivity index (χ3v) is 4.93. The molecule has 0 aromatic carbocycles. The van der Waals surface area contributed by atoms with Gasteiger partial charge in [-0.1, -0.05) is 26.7 Å². The van der Waals surface area contributed by atoms with Gasteiger partial charge in [-0.25, -0.2) is 9.78 Å². The number of fused-ring (bicyclic) bond motifs is 1. The predicted molar refractivity (Wildman–Crippen MR) is 97.5 cm³/mol. The molecule has 2 aromatic rings. The van der Waals surface area contributed by atoms with E-state index in [0.29, 0.717) is 24.3 Å². The maximum Gasteiger partial charge on any atom is 0.332 e. The first kappa shape index (κ1) is 18.7. The molecule has 0 bridgehead atoms. The van der Waals surface area contributed by atoms with Gasteiger partial charge in [0.2, 0.25) is 0 Å². The predicted octanol–water partition coefficient (Wildman–Crippen LogP) is 2.54. The number of hydrogen-bond acceptors (Lipinski definition) is 4. The van der Waals surface area contributed by atoms with Gasteiger partial charge in [0.1, 0.15) is 7.14 Å². The van der Waals surface area contributed by atoms with Crippen LogP contribution in [0.5, 0.6) is 0 Å². The molecule has 0 aliphatic carbocycles. The van der Waals surface area contributed by atoms with E-state index in [9.17, 15) is 14.2 Å². The van der Waals surface area contributed by atoms with E-state index in [-0.39, 0.29) is 17.5 Å². The number of aryl methyl sites for hydroxylation is 1. The summed E-state index contributed by atoms with van der Waals surface area (Å²) in [5, 5.41) is 0. The lowest BCUT2D eigenvalue weighted by Crippen LogP contribution is -2.40. The van der Waals surface area contributed by atoms with Gasteiger partial charge in [0.05, 0.1) is 12.6 Å². The first-order chi connectivity index (χ1) is 11.3. The second-order valence-corrected chi connectivity index (χ2v) is 10.1. The molecule has 0 spiro atoms. The van der Waals surface area contributed by atoms with Crippen LogP contribution in [0.25, 0.3) is 11.2 Å². The summed E-state index contributed by atoms with van der Waals surface area (Å²) >= 11 is 0. The summed E-state index contributed by atoms with van der Waals surface area (Å²) < 4.78 is 16.7. The van der Waals surface area contributed by atoms with E-state index in [0.717, 1.165) is 25.7 Å². The fraction of sp³-hybridized carbons (Fsp3) is 0.688. The van der Waals surface area contributed by atoms with Gasteiger partial charge >= 0.3 is 5.69 Å². The Hall–Kier alpha value is -1.62. The highest BCUT2D eigenvalue weighted by Gasteiger charge is 2.19. The fourth-order valence-electron chi connectivity index (χ4n) is 2.74. The molecule has 2 aromatic heterocycles. The van der Waals surface area contributed by atoms with Gasteiger partial charge in [-0.2, -0.15) is 0 Å². The molecule has 0 saturated carbocycles. The SMILES string of the molecule is CCCCn1c(=O)c2c(ncn2CP(C)(C)=O)n(CCCC)c1=O. The lowest BCUT2D eigenvalue weighted by molar-refractivity contribution is 0.529. The summed E-state index contributed by atoms with van der Waals surface area (Å²) in [5.41, 5.74) is 0.156. The van der Waals surface area contributed by atoms with Crippen molar-refractivity contribution < 1.29 is 4.57 Å². The third kappa shape index (κ3) is 3.89. The zero-order valence-electron chi connectivity index (χ0n) is 15.0. The van der Waals surface area contributed by atoms with Crippen molar-refractivity contribution in [1.29, 1.82) is 0 Å². The Labute approximate surface area is 141 Å². The highest BCUT2D eigenvalue weighted by molar-refractivity contribution is 7.61. The van der Waals surface area contributed by atoms with Crippen LogP contribution in [0, 0.1) is 0 Å². The Balaban J connectivity index is 2.72. The summed E-state index contributed by atoms with van der Waals surface area (Å²) in [6.07, 6.45) is 5.23. The summed E-state index contributed by atoms with van der Waals surface area (Å²) in [6, 6.07) is 0. The number of unbranched alkanes of at least 4 members (excludes halogenated alkanes) is 2. The molecule has 0 N–H and O–H groups in total. The van der Waals surface area contributed by atoms with E-state index in [2.05, 4.69) is 11.9 Å². The minimum atomic E-state index is -2.38. The Morgan fingerprint density at radius 2 is 1.62 bits per heavy atom. The number of rotatable bonds is 8. The van der Waals surface area contributed by atoms with E-state index < -0.39 is 7.14 Å². The van der Waals surface area contributed by atoms with Crippen LogP contribution in [0.15, 0.2) is 15.9 Å². The molecule has 0 aliphatic heterocycles. The van der Waals surface area contributed by atoms with Crippen LogP contribution >= 0.6 is 7.14 Å². The average Bonchev–Trinajstić information content (AvgIpc) is 2.89. The summed E-state index contributed by atoms with van der Waals surface area (Å²) in [6.45, 7) is 8.37. The second-order valence-electron chi connectivity index (χ2n) is 6.70. The van der Waals surface area contributed by atoms with Gasteiger partial charge in [-0.3, -0.25) is 13.9 Å². The average molecular weight is 354 g/mol. The van der Waals surface area contributed by atoms with E-state index in [4.69, 9.17) is 0 Å². The molecule has 2 rings (SSSR count). The van der Waals surface area contributed by atoms with Gasteiger partial charge in [0.15, 0.2) is 11.2 Å².